The van der Waals surface area contributed by atoms with Gasteiger partial charge < -0.3 is 20.3 Å². The molecule has 0 saturated heterocycles. The zero-order valence-corrected chi connectivity index (χ0v) is 19.5. The largest absolute Gasteiger partial charge is 0.487 e. The number of rotatable bonds is 1. The van der Waals surface area contributed by atoms with Gasteiger partial charge in [-0.1, -0.05) is 31.4 Å². The van der Waals surface area contributed by atoms with Gasteiger partial charge in [-0.25, -0.2) is 4.98 Å². The third-order valence-corrected chi connectivity index (χ3v) is 7.13. The molecule has 2 aliphatic rings. The van der Waals surface area contributed by atoms with Crippen LogP contribution in [-0.2, 0) is 0 Å². The summed E-state index contributed by atoms with van der Waals surface area (Å²) in [5, 5.41) is 2.15. The van der Waals surface area contributed by atoms with E-state index in [0.717, 1.165) is 51.4 Å². The number of carbonyl (C=O) groups is 2. The molecule has 4 rings (SSSR count). The fraction of sp³-hybridized carbons (Fsp3) is 0.542. The molecule has 1 aromatic heterocycles. The second kappa shape index (κ2) is 10.3. The lowest BCUT2D eigenvalue weighted by atomic mass is 9.90. The quantitative estimate of drug-likeness (QED) is 0.695. The summed E-state index contributed by atoms with van der Waals surface area (Å²) in [5.74, 6) is 0.508. The van der Waals surface area contributed by atoms with Crippen molar-refractivity contribution in [1.29, 1.82) is 0 Å². The Balaban J connectivity index is 1.67. The average molecular weight is 457 g/mol. The van der Waals surface area contributed by atoms with E-state index in [-0.39, 0.29) is 24.0 Å². The van der Waals surface area contributed by atoms with Crippen molar-refractivity contribution in [2.75, 3.05) is 25.9 Å². The Labute approximate surface area is 193 Å². The van der Waals surface area contributed by atoms with E-state index in [1.807, 2.05) is 36.2 Å². The fourth-order valence-electron chi connectivity index (χ4n) is 4.72. The van der Waals surface area contributed by atoms with E-state index in [2.05, 4.69) is 4.98 Å². The van der Waals surface area contributed by atoms with E-state index in [1.54, 1.807) is 10.3 Å². The first-order chi connectivity index (χ1) is 15.5. The third kappa shape index (κ3) is 5.06. The van der Waals surface area contributed by atoms with Gasteiger partial charge in [0, 0.05) is 25.5 Å². The van der Waals surface area contributed by atoms with Crippen LogP contribution in [0.3, 0.4) is 0 Å². The summed E-state index contributed by atoms with van der Waals surface area (Å²) in [4.78, 5) is 34.5. The molecule has 32 heavy (non-hydrogen) atoms. The van der Waals surface area contributed by atoms with Crippen molar-refractivity contribution in [3.05, 3.63) is 40.9 Å². The molecule has 1 aliphatic carbocycles. The van der Waals surface area contributed by atoms with Crippen molar-refractivity contribution < 1.29 is 14.3 Å². The predicted molar refractivity (Wildman–Crippen MR) is 126 cm³/mol. The number of anilines is 1. The number of hydrogen-bond acceptors (Lipinski definition) is 6. The van der Waals surface area contributed by atoms with Crippen molar-refractivity contribution >= 4 is 28.3 Å². The van der Waals surface area contributed by atoms with Gasteiger partial charge in [0.1, 0.15) is 17.5 Å². The second-order valence-electron chi connectivity index (χ2n) is 8.71. The SMILES string of the molecule is CN1CCCCCCN(C(=O)c2csc(N)n2)[C@@H]2CCCC[C@@H]2Oc2ccccc2C1=O. The second-order valence-corrected chi connectivity index (χ2v) is 9.60. The maximum absolute atomic E-state index is 13.4. The molecule has 0 unspecified atom stereocenters. The Morgan fingerprint density at radius 3 is 2.62 bits per heavy atom. The van der Waals surface area contributed by atoms with Gasteiger partial charge in [0.15, 0.2) is 5.13 Å². The van der Waals surface area contributed by atoms with Crippen LogP contribution in [0.5, 0.6) is 5.75 Å². The summed E-state index contributed by atoms with van der Waals surface area (Å²) in [6.45, 7) is 1.39. The van der Waals surface area contributed by atoms with Crippen LogP contribution in [0.15, 0.2) is 29.6 Å². The number of ether oxygens (including phenoxy) is 1. The Morgan fingerprint density at radius 2 is 1.84 bits per heavy atom. The smallest absolute Gasteiger partial charge is 0.273 e. The van der Waals surface area contributed by atoms with Crippen molar-refractivity contribution in [3.8, 4) is 5.75 Å². The first kappa shape index (κ1) is 22.6. The molecule has 0 radical (unpaired) electrons. The molecular formula is C24H32N4O3S. The minimum atomic E-state index is -0.161. The molecule has 2 amide bonds. The summed E-state index contributed by atoms with van der Waals surface area (Å²) in [5.41, 5.74) is 6.80. The zero-order valence-electron chi connectivity index (χ0n) is 18.7. The van der Waals surface area contributed by atoms with Crippen LogP contribution in [0, 0.1) is 0 Å². The molecular weight excluding hydrogens is 424 g/mol. The Bertz CT molecular complexity index is 947. The van der Waals surface area contributed by atoms with Crippen LogP contribution in [0.2, 0.25) is 0 Å². The lowest BCUT2D eigenvalue weighted by Crippen LogP contribution is -2.51. The van der Waals surface area contributed by atoms with Crippen LogP contribution in [0.4, 0.5) is 5.13 Å². The average Bonchev–Trinajstić information content (AvgIpc) is 3.24. The molecule has 8 heteroatoms. The molecule has 7 nitrogen and oxygen atoms in total. The highest BCUT2D eigenvalue weighted by molar-refractivity contribution is 7.13. The Hall–Kier alpha value is -2.61. The van der Waals surface area contributed by atoms with Crippen LogP contribution in [0.1, 0.15) is 72.2 Å². The number of thiazole rings is 1. The van der Waals surface area contributed by atoms with Gasteiger partial charge in [-0.2, -0.15) is 0 Å². The van der Waals surface area contributed by atoms with Crippen LogP contribution < -0.4 is 10.5 Å². The summed E-state index contributed by atoms with van der Waals surface area (Å²) in [7, 11) is 1.86. The topological polar surface area (TPSA) is 88.8 Å². The number of benzene rings is 1. The lowest BCUT2D eigenvalue weighted by Gasteiger charge is -2.40. The van der Waals surface area contributed by atoms with E-state index < -0.39 is 0 Å². The predicted octanol–water partition coefficient (Wildman–Crippen LogP) is 4.20. The number of nitrogen functional groups attached to an aromatic ring is 1. The highest BCUT2D eigenvalue weighted by Gasteiger charge is 2.36. The highest BCUT2D eigenvalue weighted by atomic mass is 32.1. The molecule has 2 atom stereocenters. The monoisotopic (exact) mass is 456 g/mol. The minimum Gasteiger partial charge on any atom is -0.487 e. The molecule has 2 aromatic rings. The molecule has 2 N–H and O–H groups in total. The third-order valence-electron chi connectivity index (χ3n) is 6.45. The Kier molecular flexibility index (Phi) is 7.29. The summed E-state index contributed by atoms with van der Waals surface area (Å²) in [6.07, 6.45) is 7.56. The van der Waals surface area contributed by atoms with E-state index >= 15 is 0 Å². The van der Waals surface area contributed by atoms with Crippen molar-refractivity contribution in [3.63, 3.8) is 0 Å². The van der Waals surface area contributed by atoms with E-state index in [9.17, 15) is 9.59 Å². The molecule has 172 valence electrons. The summed E-state index contributed by atoms with van der Waals surface area (Å²) < 4.78 is 6.50. The fourth-order valence-corrected chi connectivity index (χ4v) is 5.26. The number of hydrogen-bond donors (Lipinski definition) is 1. The number of nitrogens with two attached hydrogens (primary N) is 1. The number of fused-ring (bicyclic) bond motifs is 2. The van der Waals surface area contributed by atoms with Gasteiger partial charge in [0.2, 0.25) is 0 Å². The number of amides is 2. The maximum Gasteiger partial charge on any atom is 0.273 e. The molecule has 0 spiro atoms. The van der Waals surface area contributed by atoms with Gasteiger partial charge in [-0.3, -0.25) is 9.59 Å². The zero-order chi connectivity index (χ0) is 22.5. The molecule has 2 heterocycles. The molecule has 1 fully saturated rings. The minimum absolute atomic E-state index is 0.0177. The van der Waals surface area contributed by atoms with Crippen molar-refractivity contribution in [1.82, 2.24) is 14.8 Å². The summed E-state index contributed by atoms with van der Waals surface area (Å²) >= 11 is 1.29. The molecule has 1 aromatic carbocycles. The number of nitrogens with zero attached hydrogens (tertiary/aromatic N) is 3. The van der Waals surface area contributed by atoms with Crippen LogP contribution in [0.25, 0.3) is 0 Å². The molecule has 0 bridgehead atoms. The first-order valence-corrected chi connectivity index (χ1v) is 12.5. The van der Waals surface area contributed by atoms with Crippen LogP contribution >= 0.6 is 11.3 Å². The van der Waals surface area contributed by atoms with Crippen LogP contribution in [-0.4, -0.2) is 58.9 Å². The van der Waals surface area contributed by atoms with Crippen molar-refractivity contribution in [2.24, 2.45) is 0 Å². The van der Waals surface area contributed by atoms with Crippen molar-refractivity contribution in [2.45, 2.75) is 63.5 Å². The Morgan fingerprint density at radius 1 is 1.09 bits per heavy atom. The van der Waals surface area contributed by atoms with E-state index in [4.69, 9.17) is 10.5 Å². The lowest BCUT2D eigenvalue weighted by molar-refractivity contribution is 0.0264. The normalized spacial score (nSPS) is 23.0. The van der Waals surface area contributed by atoms with Gasteiger partial charge >= 0.3 is 0 Å². The van der Waals surface area contributed by atoms with Gasteiger partial charge in [0.05, 0.1) is 11.6 Å². The standard InChI is InChI=1S/C24H32N4O3S/c1-27-14-8-2-3-9-15-28(23(30)18-16-32-24(25)26-18)19-11-5-7-13-21(19)31-20-12-6-4-10-17(20)22(27)29/h4,6,10,12,16,19,21H,2-3,5,7-9,11,13-15H2,1H3,(H2,25,26)/t19-,21+/m1/s1. The number of carbonyl (C=O) groups excluding carboxylic acids is 2. The molecule has 1 saturated carbocycles. The molecule has 1 aliphatic heterocycles. The first-order valence-electron chi connectivity index (χ1n) is 11.6. The maximum atomic E-state index is 13.4. The van der Waals surface area contributed by atoms with Gasteiger partial charge in [0.25, 0.3) is 11.8 Å². The highest BCUT2D eigenvalue weighted by Crippen LogP contribution is 2.31. The number of aromatic nitrogens is 1. The van der Waals surface area contributed by atoms with E-state index in [0.29, 0.717) is 35.2 Å². The van der Waals surface area contributed by atoms with E-state index in [1.165, 1.54) is 11.3 Å². The van der Waals surface area contributed by atoms with Gasteiger partial charge in [-0.05, 0) is 44.2 Å². The number of para-hydroxylation sites is 1. The van der Waals surface area contributed by atoms with Gasteiger partial charge in [-0.15, -0.1) is 11.3 Å². The summed E-state index contributed by atoms with van der Waals surface area (Å²) in [6, 6.07) is 7.42.